The van der Waals surface area contributed by atoms with E-state index in [1.54, 1.807) is 0 Å². The Balaban J connectivity index is 2.71. The van der Waals surface area contributed by atoms with Crippen LogP contribution in [0.3, 0.4) is 0 Å². The molecular formula is C14H17NO5. The molecule has 20 heavy (non-hydrogen) atoms. The number of hydrogen-bond donors (Lipinski definition) is 2. The molecule has 0 saturated heterocycles. The van der Waals surface area contributed by atoms with Crippen molar-refractivity contribution in [1.29, 1.82) is 0 Å². The van der Waals surface area contributed by atoms with Crippen LogP contribution in [0.15, 0.2) is 30.9 Å². The molecule has 6 nitrogen and oxygen atoms in total. The van der Waals surface area contributed by atoms with E-state index in [2.05, 4.69) is 11.9 Å². The van der Waals surface area contributed by atoms with Gasteiger partial charge >= 0.3 is 5.97 Å². The molecule has 1 aromatic carbocycles. The molecule has 6 heteroatoms. The smallest absolute Gasteiger partial charge is 0.342 e. The zero-order valence-electron chi connectivity index (χ0n) is 11.4. The SMILES string of the molecule is C=CCNC(=O)[C@H](C)OC(=O)c1ccc(OC)cc1O. The summed E-state index contributed by atoms with van der Waals surface area (Å²) in [6.45, 7) is 5.19. The van der Waals surface area contributed by atoms with Crippen LogP contribution in [0.4, 0.5) is 0 Å². The standard InChI is InChI=1S/C14H17NO5/c1-4-7-15-13(17)9(2)20-14(18)11-6-5-10(19-3)8-12(11)16/h4-6,8-9,16H,1,7H2,2-3H3,(H,15,17)/t9-/m0/s1. The molecule has 0 aliphatic carbocycles. The van der Waals surface area contributed by atoms with Crippen LogP contribution in [0.1, 0.15) is 17.3 Å². The van der Waals surface area contributed by atoms with Gasteiger partial charge in [-0.2, -0.15) is 0 Å². The third-order valence-corrected chi connectivity index (χ3v) is 2.50. The molecule has 0 aliphatic rings. The van der Waals surface area contributed by atoms with Crippen molar-refractivity contribution in [1.82, 2.24) is 5.32 Å². The minimum atomic E-state index is -0.969. The Labute approximate surface area is 117 Å². The molecule has 0 saturated carbocycles. The normalized spacial score (nSPS) is 11.3. The van der Waals surface area contributed by atoms with Crippen LogP contribution in [0, 0.1) is 0 Å². The van der Waals surface area contributed by atoms with Gasteiger partial charge in [-0.3, -0.25) is 4.79 Å². The second-order valence-corrected chi connectivity index (χ2v) is 3.96. The fraction of sp³-hybridized carbons (Fsp3) is 0.286. The van der Waals surface area contributed by atoms with Crippen molar-refractivity contribution in [3.63, 3.8) is 0 Å². The van der Waals surface area contributed by atoms with Crippen LogP contribution in [0.2, 0.25) is 0 Å². The van der Waals surface area contributed by atoms with Crippen molar-refractivity contribution in [2.45, 2.75) is 13.0 Å². The van der Waals surface area contributed by atoms with Crippen molar-refractivity contribution in [2.24, 2.45) is 0 Å². The molecule has 1 aromatic rings. The first-order valence-corrected chi connectivity index (χ1v) is 5.96. The lowest BCUT2D eigenvalue weighted by molar-refractivity contribution is -0.128. The molecule has 1 atom stereocenters. The van der Waals surface area contributed by atoms with Gasteiger partial charge in [0, 0.05) is 12.6 Å². The molecule has 0 fully saturated rings. The molecule has 0 aromatic heterocycles. The van der Waals surface area contributed by atoms with Crippen molar-refractivity contribution in [3.8, 4) is 11.5 Å². The van der Waals surface area contributed by atoms with Crippen LogP contribution in [0.25, 0.3) is 0 Å². The number of nitrogens with one attached hydrogen (secondary N) is 1. The van der Waals surface area contributed by atoms with Gasteiger partial charge in [0.05, 0.1) is 7.11 Å². The van der Waals surface area contributed by atoms with E-state index in [-0.39, 0.29) is 17.9 Å². The van der Waals surface area contributed by atoms with Gasteiger partial charge in [0.15, 0.2) is 6.10 Å². The number of methoxy groups -OCH3 is 1. The Morgan fingerprint density at radius 3 is 2.75 bits per heavy atom. The number of amides is 1. The van der Waals surface area contributed by atoms with Gasteiger partial charge in [-0.05, 0) is 19.1 Å². The first-order chi connectivity index (χ1) is 9.49. The lowest BCUT2D eigenvalue weighted by atomic mass is 10.2. The summed E-state index contributed by atoms with van der Waals surface area (Å²) in [4.78, 5) is 23.4. The number of aromatic hydroxyl groups is 1. The van der Waals surface area contributed by atoms with Gasteiger partial charge in [0.25, 0.3) is 5.91 Å². The first-order valence-electron chi connectivity index (χ1n) is 5.96. The van der Waals surface area contributed by atoms with E-state index >= 15 is 0 Å². The predicted octanol–water partition coefficient (Wildman–Crippen LogP) is 1.25. The number of phenols is 1. The summed E-state index contributed by atoms with van der Waals surface area (Å²) < 4.78 is 9.87. The number of ether oxygens (including phenoxy) is 2. The molecule has 2 N–H and O–H groups in total. The third kappa shape index (κ3) is 4.01. The highest BCUT2D eigenvalue weighted by Gasteiger charge is 2.20. The molecular weight excluding hydrogens is 262 g/mol. The Morgan fingerprint density at radius 1 is 1.50 bits per heavy atom. The highest BCUT2D eigenvalue weighted by molar-refractivity contribution is 5.94. The maximum absolute atomic E-state index is 11.8. The molecule has 108 valence electrons. The number of carbonyl (C=O) groups is 2. The quantitative estimate of drug-likeness (QED) is 0.604. The van der Waals surface area contributed by atoms with Crippen molar-refractivity contribution in [3.05, 3.63) is 36.4 Å². The summed E-state index contributed by atoms with van der Waals surface area (Å²) in [5.74, 6) is -1.08. The summed E-state index contributed by atoms with van der Waals surface area (Å²) >= 11 is 0. The molecule has 0 aliphatic heterocycles. The maximum Gasteiger partial charge on any atom is 0.342 e. The van der Waals surface area contributed by atoms with E-state index in [0.717, 1.165) is 0 Å². The largest absolute Gasteiger partial charge is 0.507 e. The van der Waals surface area contributed by atoms with Gasteiger partial charge in [0.1, 0.15) is 17.1 Å². The second-order valence-electron chi connectivity index (χ2n) is 3.96. The zero-order valence-corrected chi connectivity index (χ0v) is 11.4. The fourth-order valence-electron chi connectivity index (χ4n) is 1.41. The molecule has 1 amide bonds. The number of rotatable bonds is 6. The van der Waals surface area contributed by atoms with E-state index in [9.17, 15) is 14.7 Å². The molecule has 0 spiro atoms. The van der Waals surface area contributed by atoms with Crippen LogP contribution in [-0.2, 0) is 9.53 Å². The Kier molecular flexibility index (Phi) is 5.58. The van der Waals surface area contributed by atoms with E-state index in [1.165, 1.54) is 38.3 Å². The molecule has 0 bridgehead atoms. The van der Waals surface area contributed by atoms with E-state index in [0.29, 0.717) is 5.75 Å². The van der Waals surface area contributed by atoms with E-state index < -0.39 is 18.0 Å². The van der Waals surface area contributed by atoms with Gasteiger partial charge in [-0.25, -0.2) is 4.79 Å². The molecule has 1 rings (SSSR count). The fourth-order valence-corrected chi connectivity index (χ4v) is 1.41. The Morgan fingerprint density at radius 2 is 2.20 bits per heavy atom. The van der Waals surface area contributed by atoms with Crippen molar-refractivity contribution >= 4 is 11.9 Å². The highest BCUT2D eigenvalue weighted by Crippen LogP contribution is 2.24. The Bertz CT molecular complexity index is 512. The zero-order chi connectivity index (χ0) is 15.1. The third-order valence-electron chi connectivity index (χ3n) is 2.50. The average Bonchev–Trinajstić information content (AvgIpc) is 2.44. The maximum atomic E-state index is 11.8. The number of benzene rings is 1. The monoisotopic (exact) mass is 279 g/mol. The lowest BCUT2D eigenvalue weighted by Gasteiger charge is -2.13. The number of phenolic OH excluding ortho intramolecular Hbond substituents is 1. The molecule has 0 unspecified atom stereocenters. The average molecular weight is 279 g/mol. The lowest BCUT2D eigenvalue weighted by Crippen LogP contribution is -2.35. The summed E-state index contributed by atoms with van der Waals surface area (Å²) in [7, 11) is 1.44. The number of hydrogen-bond acceptors (Lipinski definition) is 5. The van der Waals surface area contributed by atoms with Crippen LogP contribution < -0.4 is 10.1 Å². The van der Waals surface area contributed by atoms with Crippen molar-refractivity contribution in [2.75, 3.05) is 13.7 Å². The number of esters is 1. The predicted molar refractivity (Wildman–Crippen MR) is 72.7 cm³/mol. The molecule has 0 radical (unpaired) electrons. The van der Waals surface area contributed by atoms with Gasteiger partial charge in [0.2, 0.25) is 0 Å². The van der Waals surface area contributed by atoms with Gasteiger partial charge in [-0.15, -0.1) is 6.58 Å². The topological polar surface area (TPSA) is 84.9 Å². The van der Waals surface area contributed by atoms with Crippen LogP contribution in [-0.4, -0.2) is 36.7 Å². The Hall–Kier alpha value is -2.50. The summed E-state index contributed by atoms with van der Waals surface area (Å²) in [6.07, 6.45) is 0.547. The first kappa shape index (κ1) is 15.6. The minimum Gasteiger partial charge on any atom is -0.507 e. The van der Waals surface area contributed by atoms with Gasteiger partial charge in [-0.1, -0.05) is 6.08 Å². The van der Waals surface area contributed by atoms with Crippen LogP contribution >= 0.6 is 0 Å². The summed E-state index contributed by atoms with van der Waals surface area (Å²) in [5, 5.41) is 12.2. The molecule has 0 heterocycles. The number of carbonyl (C=O) groups excluding carboxylic acids is 2. The highest BCUT2D eigenvalue weighted by atomic mass is 16.5. The van der Waals surface area contributed by atoms with Crippen molar-refractivity contribution < 1.29 is 24.2 Å². The van der Waals surface area contributed by atoms with E-state index in [4.69, 9.17) is 9.47 Å². The van der Waals surface area contributed by atoms with Crippen LogP contribution in [0.5, 0.6) is 11.5 Å². The van der Waals surface area contributed by atoms with E-state index in [1.807, 2.05) is 0 Å². The van der Waals surface area contributed by atoms with Gasteiger partial charge < -0.3 is 19.9 Å². The second kappa shape index (κ2) is 7.18. The summed E-state index contributed by atoms with van der Waals surface area (Å²) in [6, 6.07) is 4.17. The summed E-state index contributed by atoms with van der Waals surface area (Å²) in [5.41, 5.74) is -0.0332. The minimum absolute atomic E-state index is 0.0332.